The first kappa shape index (κ1) is 14.6. The maximum atomic E-state index is 9.28. The quantitative estimate of drug-likeness (QED) is 0.478. The molecule has 2 nitrogen and oxygen atoms in total. The Kier molecular flexibility index (Phi) is 4.80. The van der Waals surface area contributed by atoms with E-state index in [9.17, 15) is 5.21 Å². The average molecular weight is 288 g/mol. The zero-order valence-electron chi connectivity index (χ0n) is 11.5. The molecule has 0 unspecified atom stereocenters. The van der Waals surface area contributed by atoms with Gasteiger partial charge in [0.05, 0.1) is 5.41 Å². The van der Waals surface area contributed by atoms with Gasteiger partial charge in [-0.2, -0.15) is 0 Å². The van der Waals surface area contributed by atoms with Crippen LogP contribution in [-0.2, 0) is 5.41 Å². The topological polar surface area (TPSA) is 32.6 Å². The fourth-order valence-electron chi connectivity index (χ4n) is 2.70. The van der Waals surface area contributed by atoms with Gasteiger partial charge in [0.2, 0.25) is 0 Å². The molecule has 1 N–H and O–H groups in total. The third-order valence-corrected chi connectivity index (χ3v) is 4.00. The minimum atomic E-state index is -0.590. The lowest BCUT2D eigenvalue weighted by atomic mass is 9.72. The number of benzene rings is 2. The van der Waals surface area contributed by atoms with Crippen LogP contribution in [0, 0.1) is 0 Å². The van der Waals surface area contributed by atoms with Crippen molar-refractivity contribution < 1.29 is 5.21 Å². The highest BCUT2D eigenvalue weighted by Crippen LogP contribution is 2.39. The number of rotatable bonds is 5. The van der Waals surface area contributed by atoms with Crippen LogP contribution in [0.25, 0.3) is 0 Å². The molecule has 0 aliphatic carbocycles. The van der Waals surface area contributed by atoms with Crippen LogP contribution in [0.15, 0.2) is 65.8 Å². The van der Waals surface area contributed by atoms with Gasteiger partial charge in [-0.05, 0) is 17.5 Å². The summed E-state index contributed by atoms with van der Waals surface area (Å²) in [4.78, 5) is 0. The maximum Gasteiger partial charge on any atom is 0.160 e. The lowest BCUT2D eigenvalue weighted by molar-refractivity contribution is 0.315. The van der Waals surface area contributed by atoms with Gasteiger partial charge in [0.1, 0.15) is 0 Å². The molecule has 20 heavy (non-hydrogen) atoms. The van der Waals surface area contributed by atoms with Crippen molar-refractivity contribution in [2.24, 2.45) is 5.16 Å². The second-order valence-corrected chi connectivity index (χ2v) is 5.14. The van der Waals surface area contributed by atoms with Gasteiger partial charge in [-0.1, -0.05) is 90.8 Å². The second-order valence-electron chi connectivity index (χ2n) is 4.78. The molecular weight excluding hydrogens is 270 g/mol. The second kappa shape index (κ2) is 6.58. The molecule has 0 aromatic heterocycles. The Morgan fingerprint density at radius 2 is 1.45 bits per heavy atom. The van der Waals surface area contributed by atoms with Crippen molar-refractivity contribution in [3.8, 4) is 0 Å². The van der Waals surface area contributed by atoms with Crippen molar-refractivity contribution >= 4 is 16.8 Å². The predicted octanol–water partition coefficient (Wildman–Crippen LogP) is 4.80. The van der Waals surface area contributed by atoms with Crippen LogP contribution in [0.3, 0.4) is 0 Å². The monoisotopic (exact) mass is 287 g/mol. The zero-order chi connectivity index (χ0) is 14.4. The predicted molar refractivity (Wildman–Crippen MR) is 83.6 cm³/mol. The highest BCUT2D eigenvalue weighted by molar-refractivity contribution is 6.67. The summed E-state index contributed by atoms with van der Waals surface area (Å²) in [6.07, 6.45) is 1.71. The van der Waals surface area contributed by atoms with E-state index in [2.05, 4.69) is 12.1 Å². The van der Waals surface area contributed by atoms with Gasteiger partial charge < -0.3 is 5.21 Å². The molecule has 104 valence electrons. The summed E-state index contributed by atoms with van der Waals surface area (Å²) >= 11 is 6.34. The van der Waals surface area contributed by atoms with Gasteiger partial charge in [0, 0.05) is 0 Å². The Bertz CT molecular complexity index is 527. The molecule has 2 aromatic rings. The molecule has 3 heteroatoms. The molecule has 0 aliphatic heterocycles. The summed E-state index contributed by atoms with van der Waals surface area (Å²) in [5.41, 5.74) is 1.49. The van der Waals surface area contributed by atoms with E-state index >= 15 is 0 Å². The van der Waals surface area contributed by atoms with Crippen LogP contribution in [0.1, 0.15) is 30.9 Å². The normalized spacial score (nSPS) is 12.4. The lowest BCUT2D eigenvalue weighted by Gasteiger charge is -2.33. The molecule has 0 bridgehead atoms. The Hall–Kier alpha value is -1.80. The van der Waals surface area contributed by atoms with Crippen LogP contribution >= 0.6 is 11.6 Å². The van der Waals surface area contributed by atoms with E-state index < -0.39 is 5.41 Å². The van der Waals surface area contributed by atoms with Crippen molar-refractivity contribution in [1.29, 1.82) is 0 Å². The van der Waals surface area contributed by atoms with E-state index in [1.165, 1.54) is 0 Å². The maximum absolute atomic E-state index is 9.28. The standard InChI is InChI=1S/C17H18ClNO/c1-2-13-17(16(18)19-20,14-9-5-3-6-10-14)15-11-7-4-8-12-15/h3-12,20H,2,13H2,1H3/b19-16-. The van der Waals surface area contributed by atoms with E-state index in [1.54, 1.807) is 0 Å². The molecule has 0 atom stereocenters. The Balaban J connectivity index is 2.70. The number of oxime groups is 1. The van der Waals surface area contributed by atoms with Gasteiger partial charge in [0.25, 0.3) is 0 Å². The van der Waals surface area contributed by atoms with Crippen LogP contribution in [-0.4, -0.2) is 10.4 Å². The highest BCUT2D eigenvalue weighted by atomic mass is 35.5. The summed E-state index contributed by atoms with van der Waals surface area (Å²) in [7, 11) is 0. The molecule has 0 spiro atoms. The third kappa shape index (κ3) is 2.56. The molecule has 0 aliphatic rings. The number of halogens is 1. The van der Waals surface area contributed by atoms with Crippen LogP contribution in [0.2, 0.25) is 0 Å². The van der Waals surface area contributed by atoms with Crippen molar-refractivity contribution in [3.05, 3.63) is 71.8 Å². The first-order valence-electron chi connectivity index (χ1n) is 6.74. The van der Waals surface area contributed by atoms with Gasteiger partial charge in [-0.3, -0.25) is 0 Å². The fraction of sp³-hybridized carbons (Fsp3) is 0.235. The highest BCUT2D eigenvalue weighted by Gasteiger charge is 2.38. The van der Waals surface area contributed by atoms with Crippen molar-refractivity contribution in [2.45, 2.75) is 25.2 Å². The first-order valence-corrected chi connectivity index (χ1v) is 7.12. The van der Waals surface area contributed by atoms with Crippen molar-refractivity contribution in [1.82, 2.24) is 0 Å². The van der Waals surface area contributed by atoms with E-state index in [4.69, 9.17) is 11.6 Å². The SMILES string of the molecule is CCCC(/C(Cl)=N/O)(c1ccccc1)c1ccccc1. The van der Waals surface area contributed by atoms with E-state index in [-0.39, 0.29) is 5.17 Å². The molecule has 2 rings (SSSR count). The molecule has 0 heterocycles. The van der Waals surface area contributed by atoms with Crippen molar-refractivity contribution in [2.75, 3.05) is 0 Å². The van der Waals surface area contributed by atoms with E-state index in [0.717, 1.165) is 24.0 Å². The van der Waals surface area contributed by atoms with Crippen LogP contribution in [0.4, 0.5) is 0 Å². The van der Waals surface area contributed by atoms with Crippen LogP contribution in [0.5, 0.6) is 0 Å². The van der Waals surface area contributed by atoms with Crippen LogP contribution < -0.4 is 0 Å². The zero-order valence-corrected chi connectivity index (χ0v) is 12.2. The number of hydrogen-bond acceptors (Lipinski definition) is 2. The lowest BCUT2D eigenvalue weighted by Crippen LogP contribution is -2.34. The first-order chi connectivity index (χ1) is 9.75. The van der Waals surface area contributed by atoms with Gasteiger partial charge in [-0.25, -0.2) is 0 Å². The smallest absolute Gasteiger partial charge is 0.160 e. The number of nitrogens with zero attached hydrogens (tertiary/aromatic N) is 1. The molecular formula is C17H18ClNO. The summed E-state index contributed by atoms with van der Waals surface area (Å²) < 4.78 is 0. The largest absolute Gasteiger partial charge is 0.410 e. The average Bonchev–Trinajstić information content (AvgIpc) is 2.53. The Labute approximate surface area is 124 Å². The molecule has 0 saturated heterocycles. The number of hydrogen-bond donors (Lipinski definition) is 1. The summed E-state index contributed by atoms with van der Waals surface area (Å²) in [5, 5.41) is 12.8. The fourth-order valence-corrected chi connectivity index (χ4v) is 3.02. The molecule has 0 amide bonds. The Morgan fingerprint density at radius 1 is 1.00 bits per heavy atom. The minimum absolute atomic E-state index is 0.205. The summed E-state index contributed by atoms with van der Waals surface area (Å²) in [5.74, 6) is 0. The molecule has 0 fully saturated rings. The van der Waals surface area contributed by atoms with Crippen molar-refractivity contribution in [3.63, 3.8) is 0 Å². The van der Waals surface area contributed by atoms with E-state index in [1.807, 2.05) is 60.7 Å². The molecule has 0 saturated carbocycles. The minimum Gasteiger partial charge on any atom is -0.410 e. The molecule has 2 aromatic carbocycles. The molecule has 0 radical (unpaired) electrons. The third-order valence-electron chi connectivity index (χ3n) is 3.60. The summed E-state index contributed by atoms with van der Waals surface area (Å²) in [6, 6.07) is 19.9. The van der Waals surface area contributed by atoms with E-state index in [0.29, 0.717) is 0 Å². The summed E-state index contributed by atoms with van der Waals surface area (Å²) in [6.45, 7) is 2.10. The van der Waals surface area contributed by atoms with Gasteiger partial charge >= 0.3 is 0 Å². The van der Waals surface area contributed by atoms with Gasteiger partial charge in [-0.15, -0.1) is 0 Å². The van der Waals surface area contributed by atoms with Gasteiger partial charge in [0.15, 0.2) is 5.17 Å². The Morgan fingerprint density at radius 3 is 1.80 bits per heavy atom.